The molecule has 0 fully saturated rings. The molecule has 7 heteroatoms. The van der Waals surface area contributed by atoms with Gasteiger partial charge in [-0.15, -0.1) is 0 Å². The maximum atomic E-state index is 11.4. The Morgan fingerprint density at radius 3 is 2.61 bits per heavy atom. The summed E-state index contributed by atoms with van der Waals surface area (Å²) >= 11 is 0. The predicted octanol–water partition coefficient (Wildman–Crippen LogP) is 0.394. The van der Waals surface area contributed by atoms with Crippen LogP contribution in [-0.2, 0) is 4.79 Å². The molecule has 2 unspecified atom stereocenters. The van der Waals surface area contributed by atoms with Crippen LogP contribution in [0.15, 0.2) is 16.5 Å². The van der Waals surface area contributed by atoms with Gasteiger partial charge in [0, 0.05) is 0 Å². The highest BCUT2D eigenvalue weighted by molar-refractivity contribution is 5.76. The highest BCUT2D eigenvalue weighted by atomic mass is 16.4. The molecule has 0 aliphatic rings. The second kappa shape index (κ2) is 6.06. The first-order valence-corrected chi connectivity index (χ1v) is 5.41. The molecular formula is C11H16N2O5. The number of nitrogens with one attached hydrogen (secondary N) is 2. The van der Waals surface area contributed by atoms with Gasteiger partial charge in [0.2, 0.25) is 0 Å². The third-order valence-electron chi connectivity index (χ3n) is 2.28. The van der Waals surface area contributed by atoms with Gasteiger partial charge in [-0.3, -0.25) is 0 Å². The van der Waals surface area contributed by atoms with Crippen LogP contribution in [-0.4, -0.2) is 34.9 Å². The number of urea groups is 1. The van der Waals surface area contributed by atoms with Crippen LogP contribution < -0.4 is 10.6 Å². The molecule has 0 aliphatic heterocycles. The number of aliphatic hydroxyl groups excluding tert-OH is 1. The van der Waals surface area contributed by atoms with Crippen LogP contribution in [0, 0.1) is 6.92 Å². The first-order chi connectivity index (χ1) is 8.40. The van der Waals surface area contributed by atoms with Crippen LogP contribution in [0.1, 0.15) is 24.5 Å². The van der Waals surface area contributed by atoms with Crippen LogP contribution in [0.4, 0.5) is 4.79 Å². The van der Waals surface area contributed by atoms with Crippen molar-refractivity contribution in [3.8, 4) is 0 Å². The third kappa shape index (κ3) is 4.10. The summed E-state index contributed by atoms with van der Waals surface area (Å²) in [6, 6.07) is 2.60. The summed E-state index contributed by atoms with van der Waals surface area (Å²) in [5.41, 5.74) is 0. The summed E-state index contributed by atoms with van der Waals surface area (Å²) in [5.74, 6) is -0.0493. The van der Waals surface area contributed by atoms with Gasteiger partial charge < -0.3 is 25.3 Å². The van der Waals surface area contributed by atoms with E-state index in [-0.39, 0.29) is 12.6 Å². The van der Waals surface area contributed by atoms with E-state index in [9.17, 15) is 9.59 Å². The highest BCUT2D eigenvalue weighted by Crippen LogP contribution is 2.14. The fourth-order valence-electron chi connectivity index (χ4n) is 1.28. The number of aliphatic carboxylic acids is 1. The van der Waals surface area contributed by atoms with Gasteiger partial charge in [0.15, 0.2) is 6.10 Å². The Morgan fingerprint density at radius 1 is 1.44 bits per heavy atom. The maximum Gasteiger partial charge on any atom is 0.334 e. The van der Waals surface area contributed by atoms with Gasteiger partial charge in [-0.1, -0.05) is 0 Å². The zero-order valence-electron chi connectivity index (χ0n) is 10.1. The van der Waals surface area contributed by atoms with E-state index in [4.69, 9.17) is 14.6 Å². The SMILES string of the molecule is Cc1ccc(C(C)NC(=O)NCC(O)C(=O)O)o1. The number of hydrogen-bond acceptors (Lipinski definition) is 4. The van der Waals surface area contributed by atoms with Crippen molar-refractivity contribution >= 4 is 12.0 Å². The lowest BCUT2D eigenvalue weighted by Crippen LogP contribution is -2.42. The third-order valence-corrected chi connectivity index (χ3v) is 2.28. The molecule has 0 radical (unpaired) electrons. The molecule has 0 bridgehead atoms. The molecule has 1 rings (SSSR count). The molecule has 4 N–H and O–H groups in total. The molecule has 1 aromatic heterocycles. The van der Waals surface area contributed by atoms with E-state index in [0.29, 0.717) is 5.76 Å². The molecule has 2 atom stereocenters. The number of aliphatic hydroxyl groups is 1. The van der Waals surface area contributed by atoms with Gasteiger partial charge in [-0.2, -0.15) is 0 Å². The topological polar surface area (TPSA) is 112 Å². The molecule has 1 aromatic rings. The number of carboxylic acid groups (broad SMARTS) is 1. The molecule has 100 valence electrons. The first kappa shape index (κ1) is 14.0. The normalized spacial score (nSPS) is 13.7. The standard InChI is InChI=1S/C11H16N2O5/c1-6-3-4-9(18-6)7(2)13-11(17)12-5-8(14)10(15)16/h3-4,7-8,14H,5H2,1-2H3,(H,15,16)(H2,12,13,17). The number of carboxylic acids is 1. The molecule has 0 saturated carbocycles. The number of amides is 2. The average Bonchev–Trinajstić information content (AvgIpc) is 2.72. The summed E-state index contributed by atoms with van der Waals surface area (Å²) in [6.07, 6.45) is -1.61. The Labute approximate surface area is 104 Å². The highest BCUT2D eigenvalue weighted by Gasteiger charge is 2.16. The van der Waals surface area contributed by atoms with E-state index in [1.165, 1.54) is 0 Å². The van der Waals surface area contributed by atoms with Crippen molar-refractivity contribution in [3.05, 3.63) is 23.7 Å². The number of furan rings is 1. The lowest BCUT2D eigenvalue weighted by atomic mass is 10.2. The summed E-state index contributed by atoms with van der Waals surface area (Å²) < 4.78 is 5.32. The Bertz CT molecular complexity index is 429. The Kier molecular flexibility index (Phi) is 4.73. The minimum Gasteiger partial charge on any atom is -0.479 e. The second-order valence-corrected chi connectivity index (χ2v) is 3.88. The molecule has 1 heterocycles. The summed E-state index contributed by atoms with van der Waals surface area (Å²) in [4.78, 5) is 21.7. The predicted molar refractivity (Wildman–Crippen MR) is 62.0 cm³/mol. The molecule has 7 nitrogen and oxygen atoms in total. The summed E-state index contributed by atoms with van der Waals surface area (Å²) in [7, 11) is 0. The van der Waals surface area contributed by atoms with Gasteiger partial charge in [0.25, 0.3) is 0 Å². The molecule has 0 saturated heterocycles. The zero-order valence-corrected chi connectivity index (χ0v) is 10.1. The molecule has 0 aromatic carbocycles. The zero-order chi connectivity index (χ0) is 13.7. The molecule has 18 heavy (non-hydrogen) atoms. The van der Waals surface area contributed by atoms with Crippen LogP contribution in [0.3, 0.4) is 0 Å². The van der Waals surface area contributed by atoms with E-state index in [0.717, 1.165) is 5.76 Å². The van der Waals surface area contributed by atoms with E-state index in [2.05, 4.69) is 10.6 Å². The lowest BCUT2D eigenvalue weighted by Gasteiger charge is -2.13. The minimum absolute atomic E-state index is 0.347. The fraction of sp³-hybridized carbons (Fsp3) is 0.455. The van der Waals surface area contributed by atoms with Gasteiger partial charge in [-0.05, 0) is 26.0 Å². The minimum atomic E-state index is -1.61. The van der Waals surface area contributed by atoms with Gasteiger partial charge in [0.1, 0.15) is 11.5 Å². The number of carbonyl (C=O) groups is 2. The molecular weight excluding hydrogens is 240 g/mol. The molecule has 0 aliphatic carbocycles. The van der Waals surface area contributed by atoms with Gasteiger partial charge in [-0.25, -0.2) is 9.59 Å². The summed E-state index contributed by atoms with van der Waals surface area (Å²) in [5, 5.41) is 22.2. The van der Waals surface area contributed by atoms with Crippen molar-refractivity contribution < 1.29 is 24.2 Å². The largest absolute Gasteiger partial charge is 0.479 e. The van der Waals surface area contributed by atoms with Crippen LogP contribution in [0.5, 0.6) is 0 Å². The fourth-order valence-corrected chi connectivity index (χ4v) is 1.28. The van der Waals surface area contributed by atoms with Crippen molar-refractivity contribution in [3.63, 3.8) is 0 Å². The van der Waals surface area contributed by atoms with Crippen molar-refractivity contribution in [2.24, 2.45) is 0 Å². The smallest absolute Gasteiger partial charge is 0.334 e. The average molecular weight is 256 g/mol. The van der Waals surface area contributed by atoms with Crippen molar-refractivity contribution in [2.75, 3.05) is 6.54 Å². The van der Waals surface area contributed by atoms with Crippen LogP contribution in [0.25, 0.3) is 0 Å². The van der Waals surface area contributed by atoms with Crippen molar-refractivity contribution in [1.29, 1.82) is 0 Å². The molecule has 2 amide bonds. The van der Waals surface area contributed by atoms with E-state index in [1.54, 1.807) is 26.0 Å². The lowest BCUT2D eigenvalue weighted by molar-refractivity contribution is -0.146. The van der Waals surface area contributed by atoms with Gasteiger partial charge in [0.05, 0.1) is 12.6 Å². The Morgan fingerprint density at radius 2 is 2.11 bits per heavy atom. The van der Waals surface area contributed by atoms with Gasteiger partial charge >= 0.3 is 12.0 Å². The monoisotopic (exact) mass is 256 g/mol. The summed E-state index contributed by atoms with van der Waals surface area (Å²) in [6.45, 7) is 3.16. The van der Waals surface area contributed by atoms with Crippen molar-refractivity contribution in [2.45, 2.75) is 26.0 Å². The quantitative estimate of drug-likeness (QED) is 0.609. The first-order valence-electron chi connectivity index (χ1n) is 5.41. The Hall–Kier alpha value is -2.02. The van der Waals surface area contributed by atoms with E-state index < -0.39 is 18.1 Å². The number of rotatable bonds is 5. The number of hydrogen-bond donors (Lipinski definition) is 4. The van der Waals surface area contributed by atoms with Crippen molar-refractivity contribution in [1.82, 2.24) is 10.6 Å². The Balaban J connectivity index is 2.38. The van der Waals surface area contributed by atoms with E-state index >= 15 is 0 Å². The van der Waals surface area contributed by atoms with E-state index in [1.807, 2.05) is 0 Å². The molecule has 0 spiro atoms. The number of carbonyl (C=O) groups excluding carboxylic acids is 1. The number of aryl methyl sites for hydroxylation is 1. The second-order valence-electron chi connectivity index (χ2n) is 3.88. The van der Waals surface area contributed by atoms with Crippen LogP contribution >= 0.6 is 0 Å². The maximum absolute atomic E-state index is 11.4. The van der Waals surface area contributed by atoms with Crippen LogP contribution in [0.2, 0.25) is 0 Å².